The summed E-state index contributed by atoms with van der Waals surface area (Å²) in [5.74, 6) is -0.285. The largest absolute Gasteiger partial charge is 0.375 e. The number of benzene rings is 1. The summed E-state index contributed by atoms with van der Waals surface area (Å²) in [6.45, 7) is 2.12. The fourth-order valence-corrected chi connectivity index (χ4v) is 2.67. The number of anilines is 1. The van der Waals surface area contributed by atoms with Crippen molar-refractivity contribution in [3.05, 3.63) is 47.0 Å². The summed E-state index contributed by atoms with van der Waals surface area (Å²) in [5, 5.41) is 0.564. The number of nitrogens with zero attached hydrogens (tertiary/aromatic N) is 2. The second-order valence-corrected chi connectivity index (χ2v) is 5.72. The van der Waals surface area contributed by atoms with Gasteiger partial charge in [-0.25, -0.2) is 4.98 Å². The Morgan fingerprint density at radius 3 is 2.52 bits per heavy atom. The van der Waals surface area contributed by atoms with Gasteiger partial charge in [-0.2, -0.15) is 0 Å². The molecule has 2 rings (SSSR count). The van der Waals surface area contributed by atoms with Crippen molar-refractivity contribution in [3.8, 4) is 0 Å². The molecule has 1 heterocycles. The van der Waals surface area contributed by atoms with Crippen molar-refractivity contribution >= 4 is 34.8 Å². The third-order valence-electron chi connectivity index (χ3n) is 2.87. The predicted octanol–water partition coefficient (Wildman–Crippen LogP) is 2.02. The Morgan fingerprint density at radius 2 is 1.95 bits per heavy atom. The molecular formula is C14H19ClN4OS. The number of nitrogen functional groups attached to an aromatic ring is 1. The number of carbonyl (C=O) groups excluding carboxylic acids is 1. The van der Waals surface area contributed by atoms with Gasteiger partial charge in [-0.05, 0) is 5.56 Å². The number of amides is 1. The molecule has 1 amide bonds. The average Bonchev–Trinajstić information content (AvgIpc) is 2.82. The topological polar surface area (TPSA) is 85.2 Å². The third-order valence-corrected chi connectivity index (χ3v) is 3.69. The third kappa shape index (κ3) is 6.12. The molecule has 0 aliphatic carbocycles. The Morgan fingerprint density at radius 1 is 1.24 bits per heavy atom. The maximum absolute atomic E-state index is 11.0. The van der Waals surface area contributed by atoms with Crippen LogP contribution in [0.1, 0.15) is 16.9 Å². The normalized spacial score (nSPS) is 10.3. The first-order chi connectivity index (χ1) is 9.63. The molecule has 5 nitrogen and oxygen atoms in total. The lowest BCUT2D eigenvalue weighted by molar-refractivity contribution is -0.118. The van der Waals surface area contributed by atoms with Crippen LogP contribution in [0.5, 0.6) is 0 Å². The van der Waals surface area contributed by atoms with Gasteiger partial charge >= 0.3 is 0 Å². The van der Waals surface area contributed by atoms with E-state index in [9.17, 15) is 4.79 Å². The van der Waals surface area contributed by atoms with Crippen LogP contribution in [0.2, 0.25) is 0 Å². The lowest BCUT2D eigenvalue weighted by Crippen LogP contribution is -2.27. The van der Waals surface area contributed by atoms with Crippen LogP contribution in [0.25, 0.3) is 0 Å². The highest BCUT2D eigenvalue weighted by molar-refractivity contribution is 7.15. The van der Waals surface area contributed by atoms with E-state index in [0.717, 1.165) is 18.0 Å². The van der Waals surface area contributed by atoms with Gasteiger partial charge in [0.2, 0.25) is 5.91 Å². The summed E-state index contributed by atoms with van der Waals surface area (Å²) in [5.41, 5.74) is 12.1. The highest BCUT2D eigenvalue weighted by Gasteiger charge is 2.10. The zero-order valence-electron chi connectivity index (χ0n) is 11.6. The molecule has 0 aliphatic heterocycles. The summed E-state index contributed by atoms with van der Waals surface area (Å²) < 4.78 is 0. The molecule has 0 fully saturated rings. The zero-order chi connectivity index (χ0) is 14.4. The average molecular weight is 327 g/mol. The summed E-state index contributed by atoms with van der Waals surface area (Å²) in [6, 6.07) is 10.1. The van der Waals surface area contributed by atoms with Crippen molar-refractivity contribution in [1.82, 2.24) is 9.88 Å². The van der Waals surface area contributed by atoms with Crippen LogP contribution >= 0.6 is 23.7 Å². The summed E-state index contributed by atoms with van der Waals surface area (Å²) in [6.07, 6.45) is 2.13. The number of carbonyl (C=O) groups is 1. The van der Waals surface area contributed by atoms with Crippen LogP contribution in [0.3, 0.4) is 0 Å². The summed E-state index contributed by atoms with van der Waals surface area (Å²) in [4.78, 5) is 18.3. The number of hydrogen-bond donors (Lipinski definition) is 2. The number of thiazole rings is 1. The van der Waals surface area contributed by atoms with Gasteiger partial charge in [-0.1, -0.05) is 30.3 Å². The Balaban J connectivity index is 0.00000220. The molecule has 1 aromatic heterocycles. The molecule has 0 spiro atoms. The van der Waals surface area contributed by atoms with E-state index in [4.69, 9.17) is 11.5 Å². The zero-order valence-corrected chi connectivity index (χ0v) is 13.2. The van der Waals surface area contributed by atoms with E-state index in [0.29, 0.717) is 18.1 Å². The first-order valence-electron chi connectivity index (χ1n) is 6.38. The number of aromatic nitrogens is 1. The van der Waals surface area contributed by atoms with Crippen LogP contribution in [-0.4, -0.2) is 22.3 Å². The Kier molecular flexibility index (Phi) is 7.14. The van der Waals surface area contributed by atoms with E-state index >= 15 is 0 Å². The van der Waals surface area contributed by atoms with Crippen molar-refractivity contribution in [1.29, 1.82) is 0 Å². The van der Waals surface area contributed by atoms with Gasteiger partial charge in [0.05, 0.1) is 0 Å². The quantitative estimate of drug-likeness (QED) is 0.815. The van der Waals surface area contributed by atoms with E-state index < -0.39 is 0 Å². The number of primary amides is 1. The Hall–Kier alpha value is -1.63. The molecule has 0 aliphatic rings. The Labute approximate surface area is 134 Å². The molecule has 1 aromatic carbocycles. The molecule has 21 heavy (non-hydrogen) atoms. The van der Waals surface area contributed by atoms with Gasteiger partial charge in [0.1, 0.15) is 0 Å². The maximum Gasteiger partial charge on any atom is 0.218 e. The van der Waals surface area contributed by atoms with Crippen molar-refractivity contribution in [3.63, 3.8) is 0 Å². The van der Waals surface area contributed by atoms with Gasteiger partial charge in [0.25, 0.3) is 0 Å². The molecule has 0 saturated carbocycles. The lowest BCUT2D eigenvalue weighted by atomic mass is 10.2. The molecule has 2 aromatic rings. The minimum absolute atomic E-state index is 0. The first-order valence-corrected chi connectivity index (χ1v) is 7.20. The van der Waals surface area contributed by atoms with E-state index in [1.54, 1.807) is 6.20 Å². The predicted molar refractivity (Wildman–Crippen MR) is 88.1 cm³/mol. The molecule has 0 saturated heterocycles. The van der Waals surface area contributed by atoms with Gasteiger partial charge in [-0.15, -0.1) is 23.7 Å². The number of hydrogen-bond acceptors (Lipinski definition) is 5. The van der Waals surface area contributed by atoms with Crippen LogP contribution < -0.4 is 11.5 Å². The van der Waals surface area contributed by atoms with Crippen molar-refractivity contribution in [2.24, 2.45) is 5.73 Å². The second kappa shape index (κ2) is 8.61. The van der Waals surface area contributed by atoms with Crippen LogP contribution in [0.4, 0.5) is 5.13 Å². The molecule has 0 bridgehead atoms. The van der Waals surface area contributed by atoms with Gasteiger partial charge in [0.15, 0.2) is 5.13 Å². The highest BCUT2D eigenvalue weighted by atomic mass is 35.5. The van der Waals surface area contributed by atoms with Crippen LogP contribution in [0, 0.1) is 0 Å². The number of halogens is 1. The summed E-state index contributed by atoms with van der Waals surface area (Å²) >= 11 is 1.47. The minimum atomic E-state index is -0.285. The fraction of sp³-hybridized carbons (Fsp3) is 0.286. The minimum Gasteiger partial charge on any atom is -0.375 e. The van der Waals surface area contributed by atoms with Crippen molar-refractivity contribution < 1.29 is 4.79 Å². The standard InChI is InChI=1S/C14H18N4OS.ClH/c15-13(19)6-7-18(9-11-4-2-1-3-5-11)10-12-8-17-14(16)20-12;/h1-5,8H,6-7,9-10H2,(H2,15,19)(H2,16,17);1H. The molecule has 114 valence electrons. The van der Waals surface area contributed by atoms with Crippen molar-refractivity contribution in [2.45, 2.75) is 19.5 Å². The molecule has 4 N–H and O–H groups in total. The lowest BCUT2D eigenvalue weighted by Gasteiger charge is -2.20. The van der Waals surface area contributed by atoms with E-state index in [1.165, 1.54) is 16.9 Å². The fourth-order valence-electron chi connectivity index (χ4n) is 1.94. The maximum atomic E-state index is 11.0. The van der Waals surface area contributed by atoms with Crippen molar-refractivity contribution in [2.75, 3.05) is 12.3 Å². The second-order valence-electron chi connectivity index (χ2n) is 4.58. The first kappa shape index (κ1) is 17.4. The SMILES string of the molecule is Cl.NC(=O)CCN(Cc1ccccc1)Cc1cnc(N)s1. The number of rotatable bonds is 7. The summed E-state index contributed by atoms with van der Waals surface area (Å²) in [7, 11) is 0. The molecule has 0 atom stereocenters. The molecule has 7 heteroatoms. The number of nitrogens with two attached hydrogens (primary N) is 2. The van der Waals surface area contributed by atoms with Crippen LogP contribution in [0.15, 0.2) is 36.5 Å². The molecule has 0 unspecified atom stereocenters. The van der Waals surface area contributed by atoms with E-state index in [2.05, 4.69) is 22.0 Å². The van der Waals surface area contributed by atoms with E-state index in [-0.39, 0.29) is 18.3 Å². The molecule has 0 radical (unpaired) electrons. The van der Waals surface area contributed by atoms with E-state index in [1.807, 2.05) is 18.2 Å². The highest BCUT2D eigenvalue weighted by Crippen LogP contribution is 2.18. The monoisotopic (exact) mass is 326 g/mol. The van der Waals surface area contributed by atoms with Gasteiger partial charge < -0.3 is 11.5 Å². The Bertz CT molecular complexity index is 561. The van der Waals surface area contributed by atoms with Crippen LogP contribution in [-0.2, 0) is 17.9 Å². The van der Waals surface area contributed by atoms with Gasteiger partial charge in [-0.3, -0.25) is 9.69 Å². The van der Waals surface area contributed by atoms with Gasteiger partial charge in [0, 0.05) is 37.1 Å². The smallest absolute Gasteiger partial charge is 0.218 e. The molecular weight excluding hydrogens is 308 g/mol.